The first-order chi connectivity index (χ1) is 14.2. The van der Waals surface area contributed by atoms with Crippen molar-refractivity contribution in [3.63, 3.8) is 0 Å². The summed E-state index contributed by atoms with van der Waals surface area (Å²) < 4.78 is 2.13. The Morgan fingerprint density at radius 1 is 1.19 bits per heavy atom. The predicted molar refractivity (Wildman–Crippen MR) is 117 cm³/mol. The molecule has 3 aromatic rings. The minimum absolute atomic E-state index is 0. The first kappa shape index (κ1) is 25.7. The summed E-state index contributed by atoms with van der Waals surface area (Å²) >= 11 is 0. The summed E-state index contributed by atoms with van der Waals surface area (Å²) in [7, 11) is 3.27. The van der Waals surface area contributed by atoms with Gasteiger partial charge in [-0.2, -0.15) is 4.68 Å². The molecule has 0 spiro atoms. The van der Waals surface area contributed by atoms with Gasteiger partial charge >= 0.3 is 5.69 Å². The molecule has 0 aliphatic rings. The number of halogens is 1. The van der Waals surface area contributed by atoms with Gasteiger partial charge in [0.1, 0.15) is 6.33 Å². The highest BCUT2D eigenvalue weighted by Gasteiger charge is 2.13. The number of amides is 2. The van der Waals surface area contributed by atoms with Gasteiger partial charge in [0.25, 0.3) is 11.8 Å². The average Bonchev–Trinajstić information content (AvgIpc) is 3.15. The van der Waals surface area contributed by atoms with Gasteiger partial charge in [-0.05, 0) is 38.6 Å². The molecule has 2 amide bonds. The molecule has 0 unspecified atom stereocenters. The molecule has 0 atom stereocenters. The minimum Gasteiger partial charge on any atom is -0.364 e. The van der Waals surface area contributed by atoms with Crippen molar-refractivity contribution in [3.8, 4) is 0 Å². The molecular formula is C18H26ClN9O3. The summed E-state index contributed by atoms with van der Waals surface area (Å²) in [5, 5.41) is 10.00. The Hall–Kier alpha value is -3.35. The molecule has 31 heavy (non-hydrogen) atoms. The normalized spacial score (nSPS) is 10.2. The molecule has 3 rings (SSSR count). The molecule has 0 aliphatic carbocycles. The molecule has 0 fully saturated rings. The first-order valence-corrected chi connectivity index (χ1v) is 9.10. The lowest BCUT2D eigenvalue weighted by molar-refractivity contribution is 0.0942. The fourth-order valence-corrected chi connectivity index (χ4v) is 2.36. The predicted octanol–water partition coefficient (Wildman–Crippen LogP) is -0.607. The monoisotopic (exact) mass is 451 g/mol. The third-order valence-corrected chi connectivity index (χ3v) is 3.84. The average molecular weight is 452 g/mol. The van der Waals surface area contributed by atoms with Crippen molar-refractivity contribution in [1.82, 2.24) is 40.5 Å². The maximum Gasteiger partial charge on any atom is 0.352 e. The Morgan fingerprint density at radius 2 is 1.84 bits per heavy atom. The van der Waals surface area contributed by atoms with E-state index in [0.717, 1.165) is 21.2 Å². The fraction of sp³-hybridized carbons (Fsp3) is 0.333. The van der Waals surface area contributed by atoms with E-state index < -0.39 is 11.6 Å². The van der Waals surface area contributed by atoms with Crippen LogP contribution in [0.3, 0.4) is 0 Å². The molecule has 0 saturated carbocycles. The van der Waals surface area contributed by atoms with Crippen molar-refractivity contribution in [2.75, 3.05) is 7.05 Å². The molecule has 0 saturated heterocycles. The standard InChI is InChI=1S/C12H19N3O.C6H6N6O2.ClH/c1-9(2)15-12(16)11-6-4-10(5-7-11)8-14-13-3;1-11-6(14)12-2-8-3(4(7)13)5(12)9-10-11;/h4-7,9,13-14H,8H2,1-3H3,(H,15,16);2H,1H3,(H2,7,13);1H. The van der Waals surface area contributed by atoms with E-state index in [0.29, 0.717) is 5.56 Å². The van der Waals surface area contributed by atoms with Crippen LogP contribution in [0.4, 0.5) is 0 Å². The Bertz CT molecular complexity index is 1080. The first-order valence-electron chi connectivity index (χ1n) is 9.10. The van der Waals surface area contributed by atoms with Gasteiger partial charge in [-0.25, -0.2) is 14.2 Å². The SMILES string of the molecule is CNNCc1ccc(C(=O)NC(C)C)cc1.Cl.Cn1nnc2c(C(N)=O)ncn2c1=O. The number of hydrazine groups is 1. The van der Waals surface area contributed by atoms with Crippen molar-refractivity contribution < 1.29 is 9.59 Å². The number of imidazole rings is 1. The third kappa shape index (κ3) is 6.84. The van der Waals surface area contributed by atoms with Crippen LogP contribution in [0.5, 0.6) is 0 Å². The number of fused-ring (bicyclic) bond motifs is 1. The Morgan fingerprint density at radius 3 is 2.39 bits per heavy atom. The van der Waals surface area contributed by atoms with Crippen LogP contribution in [0.1, 0.15) is 40.3 Å². The van der Waals surface area contributed by atoms with Gasteiger partial charge in [0.15, 0.2) is 11.3 Å². The molecule has 0 aliphatic heterocycles. The van der Waals surface area contributed by atoms with Crippen LogP contribution in [0, 0.1) is 0 Å². The van der Waals surface area contributed by atoms with E-state index in [4.69, 9.17) is 5.73 Å². The number of aromatic nitrogens is 5. The number of carbonyl (C=O) groups excluding carboxylic acids is 2. The number of aryl methyl sites for hydroxylation is 1. The van der Waals surface area contributed by atoms with Crippen molar-refractivity contribution >= 4 is 29.9 Å². The highest BCUT2D eigenvalue weighted by molar-refractivity contribution is 5.96. The van der Waals surface area contributed by atoms with Gasteiger partial charge in [0.05, 0.1) is 0 Å². The van der Waals surface area contributed by atoms with Crippen molar-refractivity contribution in [3.05, 3.63) is 57.9 Å². The highest BCUT2D eigenvalue weighted by atomic mass is 35.5. The molecule has 2 aromatic heterocycles. The van der Waals surface area contributed by atoms with Crippen LogP contribution < -0.4 is 27.6 Å². The number of benzene rings is 1. The zero-order valence-electron chi connectivity index (χ0n) is 17.6. The quantitative estimate of drug-likeness (QED) is 0.361. The van der Waals surface area contributed by atoms with Crippen molar-refractivity contribution in [2.24, 2.45) is 12.8 Å². The topological polar surface area (TPSA) is 161 Å². The molecule has 0 bridgehead atoms. The van der Waals surface area contributed by atoms with Gasteiger partial charge in [0, 0.05) is 25.2 Å². The zero-order valence-corrected chi connectivity index (χ0v) is 18.4. The molecule has 2 heterocycles. The Labute approximate surface area is 184 Å². The molecule has 5 N–H and O–H groups in total. The van der Waals surface area contributed by atoms with Crippen molar-refractivity contribution in [1.29, 1.82) is 0 Å². The van der Waals surface area contributed by atoms with Gasteiger partial charge in [0.2, 0.25) is 0 Å². The summed E-state index contributed by atoms with van der Waals surface area (Å²) in [4.78, 5) is 37.5. The molecule has 13 heteroatoms. The van der Waals surface area contributed by atoms with Crippen LogP contribution in [-0.4, -0.2) is 49.3 Å². The second kappa shape index (κ2) is 11.7. The van der Waals surface area contributed by atoms with Crippen molar-refractivity contribution in [2.45, 2.75) is 26.4 Å². The summed E-state index contributed by atoms with van der Waals surface area (Å²) in [6.07, 6.45) is 1.19. The Balaban J connectivity index is 0.000000302. The number of nitrogens with one attached hydrogen (secondary N) is 3. The van der Waals surface area contributed by atoms with E-state index >= 15 is 0 Å². The van der Waals surface area contributed by atoms with Crippen LogP contribution in [-0.2, 0) is 13.6 Å². The number of nitrogens with two attached hydrogens (primary N) is 1. The number of primary amides is 1. The number of hydrogen-bond donors (Lipinski definition) is 4. The minimum atomic E-state index is -0.741. The van der Waals surface area contributed by atoms with Gasteiger partial charge in [-0.15, -0.1) is 17.5 Å². The summed E-state index contributed by atoms with van der Waals surface area (Å²) in [5.74, 6) is -0.766. The van der Waals surface area contributed by atoms with E-state index in [1.807, 2.05) is 45.2 Å². The van der Waals surface area contributed by atoms with Crippen LogP contribution >= 0.6 is 12.4 Å². The second-order valence-electron chi connectivity index (χ2n) is 6.58. The number of rotatable bonds is 6. The van der Waals surface area contributed by atoms with Gasteiger partial charge < -0.3 is 11.1 Å². The maximum absolute atomic E-state index is 11.6. The lowest BCUT2D eigenvalue weighted by Gasteiger charge is -2.09. The van der Waals surface area contributed by atoms with E-state index in [1.165, 1.54) is 13.4 Å². The fourth-order valence-electron chi connectivity index (χ4n) is 2.36. The van der Waals surface area contributed by atoms with E-state index in [-0.39, 0.29) is 35.7 Å². The third-order valence-electron chi connectivity index (χ3n) is 3.84. The lowest BCUT2D eigenvalue weighted by Crippen LogP contribution is -2.30. The van der Waals surface area contributed by atoms with Crippen LogP contribution in [0.25, 0.3) is 5.65 Å². The molecule has 0 radical (unpaired) electrons. The summed E-state index contributed by atoms with van der Waals surface area (Å²) in [5.41, 5.74) is 12.3. The zero-order chi connectivity index (χ0) is 22.3. The number of carbonyl (C=O) groups is 2. The smallest absolute Gasteiger partial charge is 0.352 e. The lowest BCUT2D eigenvalue weighted by atomic mass is 10.1. The van der Waals surface area contributed by atoms with Crippen LogP contribution in [0.2, 0.25) is 0 Å². The summed E-state index contributed by atoms with van der Waals surface area (Å²) in [6.45, 7) is 4.63. The van der Waals surface area contributed by atoms with Gasteiger partial charge in [-0.1, -0.05) is 17.3 Å². The van der Waals surface area contributed by atoms with Crippen LogP contribution in [0.15, 0.2) is 35.4 Å². The second-order valence-corrected chi connectivity index (χ2v) is 6.58. The molecule has 12 nitrogen and oxygen atoms in total. The molecule has 168 valence electrons. The van der Waals surface area contributed by atoms with Gasteiger partial charge in [-0.3, -0.25) is 20.4 Å². The Kier molecular flexibility index (Phi) is 9.73. The molecule has 1 aromatic carbocycles. The summed E-state index contributed by atoms with van der Waals surface area (Å²) in [6, 6.07) is 7.73. The maximum atomic E-state index is 11.6. The number of hydrogen-bond acceptors (Lipinski definition) is 8. The molecular weight excluding hydrogens is 426 g/mol. The number of nitrogens with zero attached hydrogens (tertiary/aromatic N) is 5. The van der Waals surface area contributed by atoms with E-state index in [9.17, 15) is 14.4 Å². The van der Waals surface area contributed by atoms with E-state index in [1.54, 1.807) is 0 Å². The highest BCUT2D eigenvalue weighted by Crippen LogP contribution is 2.04. The largest absolute Gasteiger partial charge is 0.364 e. The van der Waals surface area contributed by atoms with E-state index in [2.05, 4.69) is 31.5 Å².